The molecule has 1 fully saturated rings. The zero-order chi connectivity index (χ0) is 21.4. The second-order valence-electron chi connectivity index (χ2n) is 7.29. The van der Waals surface area contributed by atoms with Gasteiger partial charge in [-0.2, -0.15) is 0 Å². The SMILES string of the molecule is FC(F)(F)c1nc([As]C2CC2)c2ncn(-c3cccc(OCc4ccccc4)c3)c2n1. The molecule has 1 aliphatic rings. The van der Waals surface area contributed by atoms with Gasteiger partial charge in [-0.15, -0.1) is 0 Å². The van der Waals surface area contributed by atoms with Crippen molar-refractivity contribution in [3.05, 3.63) is 72.3 Å². The molecular formula is C22H17AsF3N4O. The summed E-state index contributed by atoms with van der Waals surface area (Å²) in [4.78, 5) is 12.1. The molecule has 0 atom stereocenters. The standard InChI is InChI=1S/C22H17AsF3N4O/c24-22(25,26)21-28-19(23-15-9-10-15)18-20(29-21)30(13-27-18)16-7-4-8-17(11-16)31-12-14-5-2-1-3-6-14/h1-8,11,13,15H,9-10,12H2. The van der Waals surface area contributed by atoms with Crippen molar-refractivity contribution >= 4 is 31.4 Å². The molecule has 9 heteroatoms. The number of rotatable bonds is 6. The molecule has 0 amide bonds. The van der Waals surface area contributed by atoms with Crippen LogP contribution in [0.4, 0.5) is 13.2 Å². The number of alkyl halides is 3. The van der Waals surface area contributed by atoms with Gasteiger partial charge >= 0.3 is 177 Å². The van der Waals surface area contributed by atoms with Crippen LogP contribution in [0.25, 0.3) is 16.9 Å². The van der Waals surface area contributed by atoms with Crippen LogP contribution in [0.5, 0.6) is 5.75 Å². The van der Waals surface area contributed by atoms with Crippen LogP contribution in [0.15, 0.2) is 60.9 Å². The molecule has 2 aromatic heterocycles. The van der Waals surface area contributed by atoms with Crippen LogP contribution in [0.1, 0.15) is 24.2 Å². The van der Waals surface area contributed by atoms with E-state index in [0.717, 1.165) is 18.4 Å². The maximum absolute atomic E-state index is 13.5. The van der Waals surface area contributed by atoms with E-state index in [1.54, 1.807) is 22.8 Å². The summed E-state index contributed by atoms with van der Waals surface area (Å²) >= 11 is -0.470. The van der Waals surface area contributed by atoms with Crippen LogP contribution in [-0.2, 0) is 12.8 Å². The van der Waals surface area contributed by atoms with E-state index in [2.05, 4.69) is 15.0 Å². The van der Waals surface area contributed by atoms with Gasteiger partial charge < -0.3 is 0 Å². The molecule has 1 saturated carbocycles. The first-order valence-corrected chi connectivity index (χ1v) is 11.8. The summed E-state index contributed by atoms with van der Waals surface area (Å²) in [6, 6.07) is 16.9. The Bertz CT molecular complexity index is 1220. The van der Waals surface area contributed by atoms with E-state index in [4.69, 9.17) is 4.74 Å². The average molecular weight is 485 g/mol. The van der Waals surface area contributed by atoms with Gasteiger partial charge in [-0.3, -0.25) is 0 Å². The van der Waals surface area contributed by atoms with E-state index in [-0.39, 0.29) is 5.65 Å². The minimum atomic E-state index is -4.61. The molecule has 31 heavy (non-hydrogen) atoms. The van der Waals surface area contributed by atoms with Gasteiger partial charge in [0, 0.05) is 0 Å². The summed E-state index contributed by atoms with van der Waals surface area (Å²) in [6.07, 6.45) is -1.00. The van der Waals surface area contributed by atoms with Gasteiger partial charge in [-0.05, 0) is 0 Å². The second kappa shape index (κ2) is 8.00. The van der Waals surface area contributed by atoms with Gasteiger partial charge in [-0.1, -0.05) is 6.07 Å². The molecule has 1 radical (unpaired) electrons. The first kappa shape index (κ1) is 20.1. The average Bonchev–Trinajstić information content (AvgIpc) is 3.47. The molecular weight excluding hydrogens is 468 g/mol. The van der Waals surface area contributed by atoms with Crippen LogP contribution in [0.3, 0.4) is 0 Å². The Labute approximate surface area is 183 Å². The van der Waals surface area contributed by atoms with Crippen LogP contribution in [-0.4, -0.2) is 35.3 Å². The van der Waals surface area contributed by atoms with Crippen molar-refractivity contribution in [2.75, 3.05) is 0 Å². The number of halogens is 3. The Hall–Kier alpha value is -2.86. The molecule has 5 nitrogen and oxygen atoms in total. The Morgan fingerprint density at radius 3 is 2.58 bits per heavy atom. The van der Waals surface area contributed by atoms with E-state index >= 15 is 0 Å². The Kier molecular flexibility index (Phi) is 5.18. The van der Waals surface area contributed by atoms with Gasteiger partial charge in [0.05, 0.1) is 0 Å². The number of benzene rings is 2. The topological polar surface area (TPSA) is 52.8 Å². The third kappa shape index (κ3) is 4.44. The van der Waals surface area contributed by atoms with Crippen molar-refractivity contribution in [1.82, 2.24) is 19.5 Å². The number of aromatic nitrogens is 4. The summed E-state index contributed by atoms with van der Waals surface area (Å²) in [5, 5.41) is 0. The number of nitrogens with zero attached hydrogens (tertiary/aromatic N) is 4. The Morgan fingerprint density at radius 2 is 1.84 bits per heavy atom. The fourth-order valence-electron chi connectivity index (χ4n) is 3.13. The zero-order valence-corrected chi connectivity index (χ0v) is 18.1. The number of fused-ring (bicyclic) bond motifs is 1. The molecule has 0 aliphatic heterocycles. The van der Waals surface area contributed by atoms with Crippen LogP contribution < -0.4 is 9.22 Å². The van der Waals surface area contributed by atoms with Crippen LogP contribution >= 0.6 is 0 Å². The van der Waals surface area contributed by atoms with Gasteiger partial charge in [0.15, 0.2) is 0 Å². The number of hydrogen-bond acceptors (Lipinski definition) is 4. The first-order valence-electron chi connectivity index (χ1n) is 9.78. The first-order chi connectivity index (χ1) is 15.0. The number of hydrogen-bond donors (Lipinski definition) is 0. The summed E-state index contributed by atoms with van der Waals surface area (Å²) in [6.45, 7) is 0.394. The molecule has 0 unspecified atom stereocenters. The molecule has 2 heterocycles. The summed E-state index contributed by atoms with van der Waals surface area (Å²) in [7, 11) is 0. The number of imidazole rings is 1. The second-order valence-corrected chi connectivity index (χ2v) is 10.2. The number of ether oxygens (including phenoxy) is 1. The van der Waals surface area contributed by atoms with Crippen molar-refractivity contribution < 1.29 is 17.9 Å². The maximum atomic E-state index is 13.5. The molecule has 0 saturated heterocycles. The predicted octanol–water partition coefficient (Wildman–Crippen LogP) is 4.33. The Balaban J connectivity index is 1.51. The zero-order valence-electron chi connectivity index (χ0n) is 16.3. The van der Waals surface area contributed by atoms with E-state index in [1.807, 2.05) is 36.4 Å². The van der Waals surface area contributed by atoms with Crippen molar-refractivity contribution in [2.45, 2.75) is 30.3 Å². The summed E-state index contributed by atoms with van der Waals surface area (Å²) in [5.41, 5.74) is 2.29. The van der Waals surface area contributed by atoms with E-state index in [0.29, 0.717) is 32.7 Å². The third-order valence-corrected chi connectivity index (χ3v) is 7.84. The fraction of sp³-hybridized carbons (Fsp3) is 0.227. The fourth-order valence-corrected chi connectivity index (χ4v) is 5.62. The Morgan fingerprint density at radius 1 is 1.03 bits per heavy atom. The summed E-state index contributed by atoms with van der Waals surface area (Å²) in [5.74, 6) is -0.498. The molecule has 0 spiro atoms. The molecule has 1 aliphatic carbocycles. The summed E-state index contributed by atoms with van der Waals surface area (Å²) < 4.78 is 48.7. The molecule has 2 aromatic carbocycles. The van der Waals surface area contributed by atoms with Crippen LogP contribution in [0, 0.1) is 0 Å². The van der Waals surface area contributed by atoms with E-state index < -0.39 is 27.8 Å². The predicted molar refractivity (Wildman–Crippen MR) is 111 cm³/mol. The molecule has 0 bridgehead atoms. The third-order valence-electron chi connectivity index (χ3n) is 4.83. The molecule has 0 N–H and O–H groups in total. The van der Waals surface area contributed by atoms with Crippen molar-refractivity contribution in [1.29, 1.82) is 0 Å². The molecule has 5 rings (SSSR count). The van der Waals surface area contributed by atoms with Gasteiger partial charge in [0.2, 0.25) is 0 Å². The normalized spacial score (nSPS) is 14.5. The monoisotopic (exact) mass is 485 g/mol. The van der Waals surface area contributed by atoms with Crippen molar-refractivity contribution in [3.8, 4) is 11.4 Å². The van der Waals surface area contributed by atoms with Gasteiger partial charge in [-0.25, -0.2) is 0 Å². The van der Waals surface area contributed by atoms with Gasteiger partial charge in [0.25, 0.3) is 0 Å². The van der Waals surface area contributed by atoms with E-state index in [9.17, 15) is 13.2 Å². The van der Waals surface area contributed by atoms with Gasteiger partial charge in [0.1, 0.15) is 0 Å². The molecule has 157 valence electrons. The van der Waals surface area contributed by atoms with Crippen LogP contribution in [0.2, 0.25) is 4.71 Å². The molecule has 4 aromatic rings. The van der Waals surface area contributed by atoms with E-state index in [1.165, 1.54) is 6.33 Å². The van der Waals surface area contributed by atoms with Crippen molar-refractivity contribution in [2.24, 2.45) is 0 Å². The minimum absolute atomic E-state index is 0.175. The van der Waals surface area contributed by atoms with Crippen molar-refractivity contribution in [3.63, 3.8) is 0 Å². The quantitative estimate of drug-likeness (QED) is 0.382.